The Labute approximate surface area is 212 Å². The summed E-state index contributed by atoms with van der Waals surface area (Å²) in [6.07, 6.45) is 7.68. The predicted molar refractivity (Wildman–Crippen MR) is 141 cm³/mol. The summed E-state index contributed by atoms with van der Waals surface area (Å²) in [6.45, 7) is 6.64. The van der Waals surface area contributed by atoms with Gasteiger partial charge in [0.25, 0.3) is 0 Å². The van der Waals surface area contributed by atoms with E-state index in [1.807, 2.05) is 31.2 Å². The Hall–Kier alpha value is -2.81. The molecule has 0 saturated carbocycles. The van der Waals surface area contributed by atoms with Crippen LogP contribution in [-0.2, 0) is 4.94 Å². The minimum absolute atomic E-state index is 0.106. The number of aromatic amines is 1. The molecule has 0 bridgehead atoms. The van der Waals surface area contributed by atoms with Crippen molar-refractivity contribution in [2.45, 2.75) is 13.3 Å². The molecule has 0 unspecified atom stereocenters. The number of halogens is 2. The van der Waals surface area contributed by atoms with Crippen molar-refractivity contribution in [1.82, 2.24) is 25.1 Å². The number of nitrogens with one attached hydrogen (secondary N) is 2. The van der Waals surface area contributed by atoms with Gasteiger partial charge < -0.3 is 10.3 Å². The summed E-state index contributed by atoms with van der Waals surface area (Å²) in [5, 5.41) is 5.55. The summed E-state index contributed by atoms with van der Waals surface area (Å²) in [7, 11) is 0. The molecule has 2 N–H and O–H groups in total. The number of aromatic nitrogens is 2. The predicted octanol–water partition coefficient (Wildman–Crippen LogP) is 4.48. The first-order valence-corrected chi connectivity index (χ1v) is 12.5. The summed E-state index contributed by atoms with van der Waals surface area (Å²) in [5.41, 5.74) is 1.84. The molecule has 0 aliphatic carbocycles. The number of piperazine rings is 1. The molecule has 1 aromatic carbocycles. The number of para-hydroxylation sites is 1. The fourth-order valence-electron chi connectivity index (χ4n) is 3.79. The Morgan fingerprint density at radius 2 is 2.14 bits per heavy atom. The van der Waals surface area contributed by atoms with Crippen LogP contribution < -0.4 is 5.32 Å². The quantitative estimate of drug-likeness (QED) is 0.262. The normalized spacial score (nSPS) is 16.1. The Balaban J connectivity index is 1.37. The Morgan fingerprint density at radius 1 is 1.34 bits per heavy atom. The van der Waals surface area contributed by atoms with Crippen LogP contribution in [0.25, 0.3) is 21.5 Å². The third kappa shape index (κ3) is 6.87. The van der Waals surface area contributed by atoms with E-state index in [0.717, 1.165) is 53.5 Å². The van der Waals surface area contributed by atoms with Crippen molar-refractivity contribution >= 4 is 50.6 Å². The monoisotopic (exact) mass is 515 g/mol. The first-order chi connectivity index (χ1) is 17.1. The smallest absolute Gasteiger partial charge is 0.211 e. The first kappa shape index (κ1) is 25.3. The van der Waals surface area contributed by atoms with E-state index in [-0.39, 0.29) is 6.61 Å². The number of benzene rings is 1. The second-order valence-electron chi connectivity index (χ2n) is 8.12. The molecule has 3 heterocycles. The lowest BCUT2D eigenvalue weighted by Crippen LogP contribution is -2.47. The molecule has 3 aromatic rings. The maximum absolute atomic E-state index is 11.9. The summed E-state index contributed by atoms with van der Waals surface area (Å²) in [5.74, 6) is 3.98. The molecular formula is C24H27ClFN7OS. The van der Waals surface area contributed by atoms with Crippen molar-refractivity contribution in [3.8, 4) is 22.9 Å². The van der Waals surface area contributed by atoms with Gasteiger partial charge in [-0.25, -0.2) is 9.98 Å². The highest BCUT2D eigenvalue weighted by Crippen LogP contribution is 2.33. The van der Waals surface area contributed by atoms with Crippen molar-refractivity contribution in [1.29, 1.82) is 0 Å². The lowest BCUT2D eigenvalue weighted by atomic mass is 10.2. The molecule has 1 saturated heterocycles. The molecule has 2 aromatic heterocycles. The minimum Gasteiger partial charge on any atom is -0.353 e. The van der Waals surface area contributed by atoms with Gasteiger partial charge in [0, 0.05) is 44.3 Å². The fourth-order valence-corrected chi connectivity index (χ4v) is 4.80. The van der Waals surface area contributed by atoms with Crippen LogP contribution in [0.3, 0.4) is 0 Å². The molecule has 0 radical (unpaired) electrons. The lowest BCUT2D eigenvalue weighted by Gasteiger charge is -2.33. The van der Waals surface area contributed by atoms with Gasteiger partial charge in [-0.1, -0.05) is 41.0 Å². The topological polar surface area (TPSA) is 81.1 Å². The molecule has 4 rings (SSSR count). The van der Waals surface area contributed by atoms with E-state index in [4.69, 9.17) is 18.0 Å². The van der Waals surface area contributed by atoms with Crippen LogP contribution >= 0.6 is 22.9 Å². The number of H-pyrrole nitrogens is 1. The number of hydrogen-bond acceptors (Lipinski definition) is 7. The second kappa shape index (κ2) is 12.2. The SMILES string of the molecule is C#CC/C(=N/c1ncc(-c2cc3cccc(Cl)c3[nH]2)s1)N/C(C)=N\CN1CCN(CCOF)CC1. The van der Waals surface area contributed by atoms with Gasteiger partial charge in [0.05, 0.1) is 34.2 Å². The van der Waals surface area contributed by atoms with Crippen molar-refractivity contribution in [3.05, 3.63) is 35.5 Å². The Bertz CT molecular complexity index is 1240. The van der Waals surface area contributed by atoms with Crippen molar-refractivity contribution in [2.75, 3.05) is 46.0 Å². The van der Waals surface area contributed by atoms with E-state index >= 15 is 0 Å². The van der Waals surface area contributed by atoms with Crippen molar-refractivity contribution < 1.29 is 9.47 Å². The van der Waals surface area contributed by atoms with Crippen LogP contribution in [0.4, 0.5) is 9.66 Å². The number of rotatable bonds is 8. The van der Waals surface area contributed by atoms with E-state index in [0.29, 0.717) is 35.6 Å². The van der Waals surface area contributed by atoms with Crippen LogP contribution in [0.1, 0.15) is 13.3 Å². The molecule has 1 fully saturated rings. The second-order valence-corrected chi connectivity index (χ2v) is 9.53. The summed E-state index contributed by atoms with van der Waals surface area (Å²) >= 11 is 7.75. The highest BCUT2D eigenvalue weighted by Gasteiger charge is 2.16. The van der Waals surface area contributed by atoms with Crippen molar-refractivity contribution in [3.63, 3.8) is 0 Å². The van der Waals surface area contributed by atoms with E-state index < -0.39 is 0 Å². The maximum Gasteiger partial charge on any atom is 0.211 e. The standard InChI is InChI=1S/C24H27ClFN7OS/c1-3-5-22(29-17(2)28-16-33-10-8-32(9-11-33)12-13-34-26)31-24-27-15-21(35-24)20-14-18-6-4-7-19(25)23(18)30-20/h1,4,6-7,14-15,30H,5,8-13,16H2,2H3,(H,27,28,29,31). The lowest BCUT2D eigenvalue weighted by molar-refractivity contribution is -0.137. The molecule has 1 aliphatic rings. The third-order valence-electron chi connectivity index (χ3n) is 5.65. The number of fused-ring (bicyclic) bond motifs is 1. The van der Waals surface area contributed by atoms with Crippen LogP contribution in [0.15, 0.2) is 40.4 Å². The largest absolute Gasteiger partial charge is 0.353 e. The average Bonchev–Trinajstić information content (AvgIpc) is 3.50. The fraction of sp³-hybridized carbons (Fsp3) is 0.375. The van der Waals surface area contributed by atoms with Gasteiger partial charge in [0.2, 0.25) is 5.13 Å². The first-order valence-electron chi connectivity index (χ1n) is 11.3. The maximum atomic E-state index is 11.9. The van der Waals surface area contributed by atoms with Gasteiger partial charge in [-0.2, -0.15) is 4.94 Å². The Kier molecular flexibility index (Phi) is 8.84. The van der Waals surface area contributed by atoms with Crippen molar-refractivity contribution in [2.24, 2.45) is 9.98 Å². The molecule has 35 heavy (non-hydrogen) atoms. The highest BCUT2D eigenvalue weighted by molar-refractivity contribution is 7.18. The average molecular weight is 516 g/mol. The number of hydrogen-bond donors (Lipinski definition) is 2. The zero-order valence-corrected chi connectivity index (χ0v) is 21.0. The van der Waals surface area contributed by atoms with Gasteiger partial charge in [-0.15, -0.1) is 6.42 Å². The van der Waals surface area contributed by atoms with Gasteiger partial charge in [-0.3, -0.25) is 14.8 Å². The number of terminal acetylenes is 1. The molecule has 1 aliphatic heterocycles. The molecule has 0 spiro atoms. The Morgan fingerprint density at radius 3 is 2.89 bits per heavy atom. The van der Waals surface area contributed by atoms with Gasteiger partial charge in [0.15, 0.2) is 0 Å². The van der Waals surface area contributed by atoms with E-state index in [2.05, 4.69) is 45.9 Å². The zero-order chi connectivity index (χ0) is 24.6. The van der Waals surface area contributed by atoms with Crippen LogP contribution in [0.5, 0.6) is 0 Å². The molecular weight excluding hydrogens is 489 g/mol. The van der Waals surface area contributed by atoms with Crippen LogP contribution in [0, 0.1) is 12.3 Å². The van der Waals surface area contributed by atoms with Gasteiger partial charge in [0.1, 0.15) is 18.3 Å². The minimum atomic E-state index is 0.106. The van der Waals surface area contributed by atoms with Crippen LogP contribution in [0.2, 0.25) is 5.02 Å². The molecule has 0 amide bonds. The van der Waals surface area contributed by atoms with E-state index in [9.17, 15) is 4.53 Å². The molecule has 11 heteroatoms. The zero-order valence-electron chi connectivity index (χ0n) is 19.4. The van der Waals surface area contributed by atoms with E-state index in [1.54, 1.807) is 6.20 Å². The number of thiazole rings is 1. The molecule has 0 atom stereocenters. The third-order valence-corrected chi connectivity index (χ3v) is 6.89. The number of amidine groups is 2. The van der Waals surface area contributed by atoms with Gasteiger partial charge >= 0.3 is 0 Å². The number of nitrogens with zero attached hydrogens (tertiary/aromatic N) is 5. The highest BCUT2D eigenvalue weighted by atomic mass is 35.5. The molecule has 184 valence electrons. The molecule has 8 nitrogen and oxygen atoms in total. The summed E-state index contributed by atoms with van der Waals surface area (Å²) in [4.78, 5) is 26.1. The van der Waals surface area contributed by atoms with E-state index in [1.165, 1.54) is 11.3 Å². The summed E-state index contributed by atoms with van der Waals surface area (Å²) in [6, 6.07) is 7.85. The summed E-state index contributed by atoms with van der Waals surface area (Å²) < 4.78 is 11.9. The number of aliphatic imine (C=N–C) groups is 2. The van der Waals surface area contributed by atoms with Gasteiger partial charge in [-0.05, 0) is 23.6 Å². The van der Waals surface area contributed by atoms with Crippen LogP contribution in [-0.4, -0.2) is 77.4 Å².